The third kappa shape index (κ3) is 4.73. The van der Waals surface area contributed by atoms with Crippen molar-refractivity contribution in [2.45, 2.75) is 39.7 Å². The average molecular weight is 297 g/mol. The molecule has 22 heavy (non-hydrogen) atoms. The fourth-order valence-electron chi connectivity index (χ4n) is 2.49. The van der Waals surface area contributed by atoms with Crippen molar-refractivity contribution in [1.82, 2.24) is 4.90 Å². The molecule has 0 aromatic heterocycles. The molecular formula is C20H27NO. The van der Waals surface area contributed by atoms with Crippen LogP contribution < -0.4 is 0 Å². The van der Waals surface area contributed by atoms with Gasteiger partial charge in [0, 0.05) is 12.6 Å². The minimum Gasteiger partial charge on any atom is -0.335 e. The maximum absolute atomic E-state index is 12.7. The van der Waals surface area contributed by atoms with Crippen LogP contribution in [-0.4, -0.2) is 23.9 Å². The number of rotatable bonds is 7. The van der Waals surface area contributed by atoms with Crippen molar-refractivity contribution >= 4 is 5.91 Å². The van der Waals surface area contributed by atoms with E-state index in [9.17, 15) is 4.79 Å². The number of hydrogen-bond acceptors (Lipinski definition) is 1. The second-order valence-corrected chi connectivity index (χ2v) is 5.51. The quantitative estimate of drug-likeness (QED) is 0.648. The molecule has 0 N–H and O–H groups in total. The molecule has 0 aliphatic carbocycles. The summed E-state index contributed by atoms with van der Waals surface area (Å²) in [5.74, 6) is 0.0479. The third-order valence-corrected chi connectivity index (χ3v) is 3.69. The molecule has 1 atom stereocenters. The molecule has 0 saturated heterocycles. The van der Waals surface area contributed by atoms with Gasteiger partial charge in [-0.3, -0.25) is 4.79 Å². The Morgan fingerprint density at radius 3 is 2.45 bits per heavy atom. The van der Waals surface area contributed by atoms with Gasteiger partial charge in [0.2, 0.25) is 0 Å². The predicted molar refractivity (Wildman–Crippen MR) is 94.9 cm³/mol. The molecule has 0 heterocycles. The summed E-state index contributed by atoms with van der Waals surface area (Å²) in [4.78, 5) is 14.5. The molecule has 1 aromatic rings. The van der Waals surface area contributed by atoms with Gasteiger partial charge in [-0.05, 0) is 38.0 Å². The topological polar surface area (TPSA) is 20.3 Å². The Morgan fingerprint density at radius 1 is 1.32 bits per heavy atom. The third-order valence-electron chi connectivity index (χ3n) is 3.69. The number of amides is 1. The van der Waals surface area contributed by atoms with Gasteiger partial charge in [-0.15, -0.1) is 0 Å². The second kappa shape index (κ2) is 9.04. The van der Waals surface area contributed by atoms with Gasteiger partial charge in [0.05, 0.1) is 6.04 Å². The maximum Gasteiger partial charge on any atom is 0.254 e. The molecule has 0 aliphatic heterocycles. The highest BCUT2D eigenvalue weighted by atomic mass is 16.2. The van der Waals surface area contributed by atoms with Gasteiger partial charge in [0.1, 0.15) is 0 Å². The summed E-state index contributed by atoms with van der Waals surface area (Å²) in [6.07, 6.45) is 8.00. The first-order chi connectivity index (χ1) is 10.5. The van der Waals surface area contributed by atoms with Gasteiger partial charge in [-0.25, -0.2) is 0 Å². The van der Waals surface area contributed by atoms with E-state index >= 15 is 0 Å². The van der Waals surface area contributed by atoms with E-state index in [2.05, 4.69) is 19.6 Å². The molecule has 1 rings (SSSR count). The standard InChI is InChI=1S/C20H27NO/c1-6-8-15-18(16(3)4)19(12-7-2)21(5)20(22)17-13-10-9-11-14-17/h6,8-11,13-15,19H,3,7,12H2,1-2,4-5H3/b8-6-,18-15+. The van der Waals surface area contributed by atoms with E-state index in [0.29, 0.717) is 0 Å². The monoisotopic (exact) mass is 297 g/mol. The van der Waals surface area contributed by atoms with Gasteiger partial charge in [0.15, 0.2) is 0 Å². The summed E-state index contributed by atoms with van der Waals surface area (Å²) in [6.45, 7) is 10.2. The lowest BCUT2D eigenvalue weighted by Crippen LogP contribution is -2.38. The van der Waals surface area contributed by atoms with Gasteiger partial charge in [-0.1, -0.05) is 61.9 Å². The summed E-state index contributed by atoms with van der Waals surface area (Å²) in [5.41, 5.74) is 2.84. The van der Waals surface area contributed by atoms with Crippen LogP contribution in [0, 0.1) is 0 Å². The number of carbonyl (C=O) groups excluding carboxylic acids is 1. The number of carbonyl (C=O) groups is 1. The van der Waals surface area contributed by atoms with Crippen molar-refractivity contribution < 1.29 is 4.79 Å². The van der Waals surface area contributed by atoms with Crippen molar-refractivity contribution in [1.29, 1.82) is 0 Å². The maximum atomic E-state index is 12.7. The fourth-order valence-corrected chi connectivity index (χ4v) is 2.49. The summed E-state index contributed by atoms with van der Waals surface area (Å²) < 4.78 is 0. The van der Waals surface area contributed by atoms with E-state index in [1.165, 1.54) is 0 Å². The Morgan fingerprint density at radius 2 is 1.95 bits per heavy atom. The van der Waals surface area contributed by atoms with Crippen molar-refractivity contribution in [2.75, 3.05) is 7.05 Å². The molecule has 1 amide bonds. The molecule has 0 radical (unpaired) electrons. The minimum atomic E-state index is 0.0476. The first kappa shape index (κ1) is 18.0. The number of benzene rings is 1. The molecule has 0 spiro atoms. The highest BCUT2D eigenvalue weighted by Gasteiger charge is 2.23. The highest BCUT2D eigenvalue weighted by molar-refractivity contribution is 5.94. The lowest BCUT2D eigenvalue weighted by Gasteiger charge is -2.31. The van der Waals surface area contributed by atoms with Crippen molar-refractivity contribution in [3.8, 4) is 0 Å². The Labute approximate surface area is 134 Å². The Bertz CT molecular complexity index is 554. The molecule has 1 unspecified atom stereocenters. The second-order valence-electron chi connectivity index (χ2n) is 5.51. The normalized spacial score (nSPS) is 13.2. The van der Waals surface area contributed by atoms with Crippen LogP contribution in [0.4, 0.5) is 0 Å². The zero-order chi connectivity index (χ0) is 16.5. The van der Waals surface area contributed by atoms with Gasteiger partial charge < -0.3 is 4.90 Å². The van der Waals surface area contributed by atoms with Crippen LogP contribution in [0.3, 0.4) is 0 Å². The van der Waals surface area contributed by atoms with Gasteiger partial charge >= 0.3 is 0 Å². The van der Waals surface area contributed by atoms with Gasteiger partial charge in [0.25, 0.3) is 5.91 Å². The average Bonchev–Trinajstić information content (AvgIpc) is 2.53. The first-order valence-corrected chi connectivity index (χ1v) is 7.83. The zero-order valence-electron chi connectivity index (χ0n) is 14.2. The van der Waals surface area contributed by atoms with E-state index in [-0.39, 0.29) is 11.9 Å². The largest absolute Gasteiger partial charge is 0.335 e. The molecule has 118 valence electrons. The molecule has 1 aromatic carbocycles. The molecule has 0 saturated carbocycles. The first-order valence-electron chi connectivity index (χ1n) is 7.83. The lowest BCUT2D eigenvalue weighted by atomic mass is 9.94. The Kier molecular flexibility index (Phi) is 7.38. The number of nitrogens with zero attached hydrogens (tertiary/aromatic N) is 1. The number of likely N-dealkylation sites (N-methyl/N-ethyl adjacent to an activating group) is 1. The summed E-state index contributed by atoms with van der Waals surface area (Å²) in [7, 11) is 1.88. The molecule has 2 heteroatoms. The Balaban J connectivity index is 3.12. The van der Waals surface area contributed by atoms with Crippen LogP contribution in [-0.2, 0) is 0 Å². The summed E-state index contributed by atoms with van der Waals surface area (Å²) in [5, 5.41) is 0. The fraction of sp³-hybridized carbons (Fsp3) is 0.350. The predicted octanol–water partition coefficient (Wildman–Crippen LogP) is 5.01. The van der Waals surface area contributed by atoms with Crippen molar-refractivity contribution in [3.63, 3.8) is 0 Å². The molecule has 2 nitrogen and oxygen atoms in total. The van der Waals surface area contributed by atoms with E-state index in [0.717, 1.165) is 29.6 Å². The molecule has 0 bridgehead atoms. The van der Waals surface area contributed by atoms with E-state index in [4.69, 9.17) is 0 Å². The van der Waals surface area contributed by atoms with Crippen molar-refractivity contribution in [2.24, 2.45) is 0 Å². The van der Waals surface area contributed by atoms with Crippen LogP contribution in [0.15, 0.2) is 66.3 Å². The van der Waals surface area contributed by atoms with Crippen LogP contribution in [0.25, 0.3) is 0 Å². The summed E-state index contributed by atoms with van der Waals surface area (Å²) in [6, 6.07) is 9.48. The Hall–Kier alpha value is -2.09. The SMILES string of the molecule is C=C(C)/C(=C\C=C/C)C(CCC)N(C)C(=O)c1ccccc1. The van der Waals surface area contributed by atoms with E-state index in [1.54, 1.807) is 0 Å². The van der Waals surface area contributed by atoms with Gasteiger partial charge in [-0.2, -0.15) is 0 Å². The molecule has 0 aliphatic rings. The summed E-state index contributed by atoms with van der Waals surface area (Å²) >= 11 is 0. The van der Waals surface area contributed by atoms with Crippen LogP contribution in [0.5, 0.6) is 0 Å². The highest BCUT2D eigenvalue weighted by Crippen LogP contribution is 2.23. The lowest BCUT2D eigenvalue weighted by molar-refractivity contribution is 0.0749. The minimum absolute atomic E-state index is 0.0476. The van der Waals surface area contributed by atoms with E-state index in [1.807, 2.05) is 68.3 Å². The number of hydrogen-bond donors (Lipinski definition) is 0. The smallest absolute Gasteiger partial charge is 0.254 e. The number of allylic oxidation sites excluding steroid dienone is 3. The molecular weight excluding hydrogens is 270 g/mol. The zero-order valence-corrected chi connectivity index (χ0v) is 14.2. The van der Waals surface area contributed by atoms with Crippen LogP contribution >= 0.6 is 0 Å². The molecule has 0 fully saturated rings. The van der Waals surface area contributed by atoms with Crippen LogP contribution in [0.1, 0.15) is 44.0 Å². The van der Waals surface area contributed by atoms with Crippen LogP contribution in [0.2, 0.25) is 0 Å². The van der Waals surface area contributed by atoms with E-state index < -0.39 is 0 Å². The van der Waals surface area contributed by atoms with Crippen molar-refractivity contribution in [3.05, 3.63) is 71.8 Å².